The fraction of sp³-hybridized carbons (Fsp3) is 0.115. The number of carbonyl (C=O) groups is 1. The number of nitrogens with zero attached hydrogens (tertiary/aromatic N) is 4. The molecule has 0 saturated heterocycles. The molecule has 0 fully saturated rings. The van der Waals surface area contributed by atoms with E-state index in [-0.39, 0.29) is 11.0 Å². The first-order chi connectivity index (χ1) is 17.5. The zero-order valence-corrected chi connectivity index (χ0v) is 21.2. The number of anilines is 1. The number of fused-ring (bicyclic) bond motifs is 1. The normalized spacial score (nSPS) is 11.3. The molecule has 3 heterocycles. The number of furan rings is 1. The van der Waals surface area contributed by atoms with Crippen molar-refractivity contribution in [3.63, 3.8) is 0 Å². The van der Waals surface area contributed by atoms with E-state index in [1.165, 1.54) is 17.4 Å². The minimum atomic E-state index is -0.356. The van der Waals surface area contributed by atoms with E-state index in [0.717, 1.165) is 50.4 Å². The molecule has 2 N–H and O–H groups in total. The second kappa shape index (κ2) is 10.2. The standard InChI is InChI=1S/C26H22N6O2S2/c1-3-22-29-30-26-32(22)31-24(36-26)18-9-12-20(16(2)15-18)27-25(35)28-23(33)14-11-19-10-13-21(34-19)17-7-5-4-6-8-17/h4-15H,3H2,1-2H3,(H2,27,28,33,35)/b14-11+. The molecule has 0 saturated carbocycles. The Morgan fingerprint density at radius 1 is 1.11 bits per heavy atom. The summed E-state index contributed by atoms with van der Waals surface area (Å²) in [6, 6.07) is 19.3. The summed E-state index contributed by atoms with van der Waals surface area (Å²) in [5.74, 6) is 1.79. The predicted octanol–water partition coefficient (Wildman–Crippen LogP) is 5.51. The zero-order valence-electron chi connectivity index (χ0n) is 19.6. The van der Waals surface area contributed by atoms with Gasteiger partial charge in [0, 0.05) is 29.3 Å². The molecule has 0 aliphatic heterocycles. The number of carbonyl (C=O) groups excluding carboxylic acids is 1. The molecule has 0 aliphatic carbocycles. The molecule has 36 heavy (non-hydrogen) atoms. The number of aromatic nitrogens is 4. The SMILES string of the molecule is CCc1nnc2sc(-c3ccc(NC(=S)NC(=O)/C=C/c4ccc(-c5ccccc5)o4)c(C)c3)nn12. The lowest BCUT2D eigenvalue weighted by Crippen LogP contribution is -2.33. The number of benzene rings is 2. The molecule has 5 aromatic rings. The van der Waals surface area contributed by atoms with Gasteiger partial charge >= 0.3 is 0 Å². The number of nitrogens with one attached hydrogen (secondary N) is 2. The van der Waals surface area contributed by atoms with Crippen LogP contribution in [0.25, 0.3) is 32.9 Å². The van der Waals surface area contributed by atoms with Gasteiger partial charge in [0.15, 0.2) is 10.9 Å². The van der Waals surface area contributed by atoms with Crippen molar-refractivity contribution < 1.29 is 9.21 Å². The molecule has 0 unspecified atom stereocenters. The molecular weight excluding hydrogens is 492 g/mol. The highest BCUT2D eigenvalue weighted by Gasteiger charge is 2.13. The van der Waals surface area contributed by atoms with Crippen LogP contribution in [0.3, 0.4) is 0 Å². The lowest BCUT2D eigenvalue weighted by atomic mass is 10.1. The summed E-state index contributed by atoms with van der Waals surface area (Å²) >= 11 is 6.81. The number of hydrogen-bond donors (Lipinski definition) is 2. The van der Waals surface area contributed by atoms with E-state index in [0.29, 0.717) is 5.76 Å². The Labute approximate surface area is 216 Å². The molecule has 5 rings (SSSR count). The molecule has 1 amide bonds. The first-order valence-corrected chi connectivity index (χ1v) is 12.5. The summed E-state index contributed by atoms with van der Waals surface area (Å²) in [7, 11) is 0. The van der Waals surface area contributed by atoms with Gasteiger partial charge in [-0.15, -0.1) is 10.2 Å². The molecule has 8 nitrogen and oxygen atoms in total. The monoisotopic (exact) mass is 514 g/mol. The Bertz CT molecular complexity index is 1580. The van der Waals surface area contributed by atoms with E-state index in [2.05, 4.69) is 25.9 Å². The maximum Gasteiger partial charge on any atom is 0.250 e. The predicted molar refractivity (Wildman–Crippen MR) is 146 cm³/mol. The van der Waals surface area contributed by atoms with E-state index in [9.17, 15) is 4.79 Å². The molecule has 0 bridgehead atoms. The van der Waals surface area contributed by atoms with Crippen molar-refractivity contribution in [2.45, 2.75) is 20.3 Å². The van der Waals surface area contributed by atoms with Crippen LogP contribution in [0.2, 0.25) is 0 Å². The highest BCUT2D eigenvalue weighted by atomic mass is 32.1. The van der Waals surface area contributed by atoms with E-state index in [1.807, 2.05) is 74.5 Å². The average molecular weight is 515 g/mol. The average Bonchev–Trinajstić information content (AvgIpc) is 3.61. The molecule has 0 atom stereocenters. The van der Waals surface area contributed by atoms with Crippen LogP contribution in [-0.2, 0) is 11.2 Å². The second-order valence-corrected chi connectivity index (χ2v) is 9.31. The molecule has 3 aromatic heterocycles. The number of amides is 1. The largest absolute Gasteiger partial charge is 0.457 e. The van der Waals surface area contributed by atoms with Crippen LogP contribution in [-0.4, -0.2) is 30.8 Å². The summed E-state index contributed by atoms with van der Waals surface area (Å²) in [5, 5.41) is 19.8. The Morgan fingerprint density at radius 2 is 1.94 bits per heavy atom. The van der Waals surface area contributed by atoms with Gasteiger partial charge in [-0.2, -0.15) is 9.61 Å². The van der Waals surface area contributed by atoms with Gasteiger partial charge < -0.3 is 9.73 Å². The first-order valence-electron chi connectivity index (χ1n) is 11.3. The number of rotatable bonds is 6. The molecule has 180 valence electrons. The van der Waals surface area contributed by atoms with Gasteiger partial charge in [-0.1, -0.05) is 48.6 Å². The minimum Gasteiger partial charge on any atom is -0.457 e. The van der Waals surface area contributed by atoms with Crippen molar-refractivity contribution in [3.05, 3.63) is 83.9 Å². The van der Waals surface area contributed by atoms with Crippen molar-refractivity contribution in [1.82, 2.24) is 25.1 Å². The molecular formula is C26H22N6O2S2. The van der Waals surface area contributed by atoms with Crippen molar-refractivity contribution in [3.8, 4) is 21.9 Å². The van der Waals surface area contributed by atoms with Crippen LogP contribution in [0.15, 0.2) is 71.2 Å². The summed E-state index contributed by atoms with van der Waals surface area (Å²) < 4.78 is 7.57. The maximum absolute atomic E-state index is 12.3. The number of hydrogen-bond acceptors (Lipinski definition) is 7. The van der Waals surface area contributed by atoms with E-state index in [1.54, 1.807) is 10.6 Å². The highest BCUT2D eigenvalue weighted by Crippen LogP contribution is 2.29. The van der Waals surface area contributed by atoms with Crippen LogP contribution < -0.4 is 10.6 Å². The molecule has 10 heteroatoms. The summed E-state index contributed by atoms with van der Waals surface area (Å²) in [6.45, 7) is 3.99. The third kappa shape index (κ3) is 5.09. The Balaban J connectivity index is 1.20. The summed E-state index contributed by atoms with van der Waals surface area (Å²) in [5.41, 5.74) is 3.71. The second-order valence-electron chi connectivity index (χ2n) is 7.95. The van der Waals surface area contributed by atoms with Crippen molar-refractivity contribution in [2.75, 3.05) is 5.32 Å². The van der Waals surface area contributed by atoms with Crippen molar-refractivity contribution >= 4 is 51.3 Å². The Kier molecular flexibility index (Phi) is 6.70. The van der Waals surface area contributed by atoms with Gasteiger partial charge in [0.2, 0.25) is 10.9 Å². The minimum absolute atomic E-state index is 0.205. The lowest BCUT2D eigenvalue weighted by molar-refractivity contribution is -0.115. The third-order valence-corrected chi connectivity index (χ3v) is 6.57. The van der Waals surface area contributed by atoms with Crippen molar-refractivity contribution in [2.24, 2.45) is 0 Å². The molecule has 0 spiro atoms. The third-order valence-electron chi connectivity index (χ3n) is 5.41. The van der Waals surface area contributed by atoms with Crippen LogP contribution in [0, 0.1) is 6.92 Å². The van der Waals surface area contributed by atoms with Gasteiger partial charge in [0.05, 0.1) is 0 Å². The lowest BCUT2D eigenvalue weighted by Gasteiger charge is -2.11. The van der Waals surface area contributed by atoms with E-state index < -0.39 is 0 Å². The van der Waals surface area contributed by atoms with E-state index >= 15 is 0 Å². The van der Waals surface area contributed by atoms with Gasteiger partial charge in [-0.05, 0) is 61.1 Å². The van der Waals surface area contributed by atoms with Crippen LogP contribution in [0.1, 0.15) is 24.1 Å². The highest BCUT2D eigenvalue weighted by molar-refractivity contribution is 7.80. The van der Waals surface area contributed by atoms with Gasteiger partial charge in [-0.3, -0.25) is 10.1 Å². The van der Waals surface area contributed by atoms with Crippen LogP contribution in [0.5, 0.6) is 0 Å². The Hall–Kier alpha value is -4.15. The van der Waals surface area contributed by atoms with Gasteiger partial charge in [0.25, 0.3) is 0 Å². The molecule has 2 aromatic carbocycles. The van der Waals surface area contributed by atoms with Crippen molar-refractivity contribution in [1.29, 1.82) is 0 Å². The maximum atomic E-state index is 12.3. The summed E-state index contributed by atoms with van der Waals surface area (Å²) in [4.78, 5) is 13.1. The fourth-order valence-electron chi connectivity index (χ4n) is 3.60. The first kappa shape index (κ1) is 23.6. The summed E-state index contributed by atoms with van der Waals surface area (Å²) in [6.07, 6.45) is 3.76. The topological polar surface area (TPSA) is 97.3 Å². The van der Waals surface area contributed by atoms with Crippen LogP contribution in [0.4, 0.5) is 5.69 Å². The van der Waals surface area contributed by atoms with Crippen LogP contribution >= 0.6 is 23.6 Å². The van der Waals surface area contributed by atoms with E-state index in [4.69, 9.17) is 16.6 Å². The molecule has 0 aliphatic rings. The van der Waals surface area contributed by atoms with Gasteiger partial charge in [-0.25, -0.2) is 0 Å². The van der Waals surface area contributed by atoms with Gasteiger partial charge in [0.1, 0.15) is 16.5 Å². The zero-order chi connectivity index (χ0) is 25.1. The number of thiocarbonyl (C=S) groups is 1. The molecule has 0 radical (unpaired) electrons. The Morgan fingerprint density at radius 3 is 2.72 bits per heavy atom. The fourth-order valence-corrected chi connectivity index (χ4v) is 4.66. The number of aryl methyl sites for hydroxylation is 2. The smallest absolute Gasteiger partial charge is 0.250 e. The quantitative estimate of drug-likeness (QED) is 0.228.